The number of nitrogens with one attached hydrogen (secondary N) is 3. The zero-order chi connectivity index (χ0) is 15.3. The number of aliphatic hydroxyl groups excluding tert-OH is 1. The second-order valence-electron chi connectivity index (χ2n) is 4.17. The van der Waals surface area contributed by atoms with Crippen LogP contribution in [-0.2, 0) is 16.0 Å². The van der Waals surface area contributed by atoms with Crippen LogP contribution in [0.5, 0.6) is 0 Å². The molecule has 110 valence electrons. The lowest BCUT2D eigenvalue weighted by molar-refractivity contribution is -0.146. The number of amides is 1. The van der Waals surface area contributed by atoms with Crippen LogP contribution in [-0.4, -0.2) is 44.7 Å². The lowest BCUT2D eigenvalue weighted by atomic mass is 10.1. The third-order valence-corrected chi connectivity index (χ3v) is 2.63. The number of carboxylic acids is 1. The summed E-state index contributed by atoms with van der Waals surface area (Å²) >= 11 is 0. The largest absolute Gasteiger partial charge is 0.479 e. The van der Waals surface area contributed by atoms with E-state index < -0.39 is 35.8 Å². The van der Waals surface area contributed by atoms with Gasteiger partial charge in [-0.25, -0.2) is 9.59 Å². The summed E-state index contributed by atoms with van der Waals surface area (Å²) in [6, 6.07) is 0. The molecule has 1 amide bonds. The molecule has 9 heteroatoms. The number of hydrogen-bond acceptors (Lipinski definition) is 5. The maximum absolute atomic E-state index is 11.5. The van der Waals surface area contributed by atoms with Gasteiger partial charge in [-0.1, -0.05) is 0 Å². The average molecular weight is 285 g/mol. The maximum Gasteiger partial charge on any atom is 0.334 e. The van der Waals surface area contributed by atoms with E-state index in [0.29, 0.717) is 5.69 Å². The van der Waals surface area contributed by atoms with E-state index in [4.69, 9.17) is 10.2 Å². The first-order valence-electron chi connectivity index (χ1n) is 5.81. The highest BCUT2D eigenvalue weighted by Crippen LogP contribution is 1.99. The fraction of sp³-hybridized carbons (Fsp3) is 0.455. The quantitative estimate of drug-likeness (QED) is 0.402. The molecule has 0 fully saturated rings. The van der Waals surface area contributed by atoms with Crippen molar-refractivity contribution in [2.75, 3.05) is 6.54 Å². The minimum Gasteiger partial charge on any atom is -0.479 e. The zero-order valence-corrected chi connectivity index (χ0v) is 10.7. The number of carboxylic acid groups (broad SMARTS) is 1. The Bertz CT molecular complexity index is 617. The molecule has 1 atom stereocenters. The Labute approximate surface area is 112 Å². The molecule has 0 saturated carbocycles. The average Bonchev–Trinajstić information content (AvgIpc) is 2.34. The van der Waals surface area contributed by atoms with Gasteiger partial charge in [-0.15, -0.1) is 0 Å². The third-order valence-electron chi connectivity index (χ3n) is 2.63. The van der Waals surface area contributed by atoms with Gasteiger partial charge >= 0.3 is 11.7 Å². The lowest BCUT2D eigenvalue weighted by Gasteiger charge is -2.08. The minimum absolute atomic E-state index is 0.0672. The fourth-order valence-electron chi connectivity index (χ4n) is 1.55. The van der Waals surface area contributed by atoms with Crippen molar-refractivity contribution in [2.24, 2.45) is 0 Å². The summed E-state index contributed by atoms with van der Waals surface area (Å²) in [5.74, 6) is -1.94. The van der Waals surface area contributed by atoms with Crippen molar-refractivity contribution >= 4 is 11.9 Å². The van der Waals surface area contributed by atoms with Gasteiger partial charge in [0.2, 0.25) is 5.91 Å². The van der Waals surface area contributed by atoms with Gasteiger partial charge in [0.25, 0.3) is 5.56 Å². The highest BCUT2D eigenvalue weighted by atomic mass is 16.4. The molecule has 20 heavy (non-hydrogen) atoms. The molecule has 1 heterocycles. The SMILES string of the molecule is Cc1[nH]c(=O)[nH]c(=O)c1CCC(=O)NCC(O)C(=O)O. The molecule has 1 unspecified atom stereocenters. The van der Waals surface area contributed by atoms with Crippen molar-refractivity contribution < 1.29 is 19.8 Å². The molecule has 5 N–H and O–H groups in total. The number of hydrogen-bond donors (Lipinski definition) is 5. The van der Waals surface area contributed by atoms with Gasteiger partial charge in [0.15, 0.2) is 6.10 Å². The number of aromatic nitrogens is 2. The first-order chi connectivity index (χ1) is 9.31. The summed E-state index contributed by atoms with van der Waals surface area (Å²) in [6.45, 7) is 1.13. The van der Waals surface area contributed by atoms with Crippen molar-refractivity contribution in [3.05, 3.63) is 32.1 Å². The van der Waals surface area contributed by atoms with E-state index in [1.165, 1.54) is 6.92 Å². The molecule has 1 rings (SSSR count). The molecule has 0 radical (unpaired) electrons. The summed E-state index contributed by atoms with van der Waals surface area (Å²) < 4.78 is 0. The molecule has 0 saturated heterocycles. The Morgan fingerprint density at radius 3 is 2.50 bits per heavy atom. The van der Waals surface area contributed by atoms with Crippen molar-refractivity contribution in [3.8, 4) is 0 Å². The number of carbonyl (C=O) groups is 2. The topological polar surface area (TPSA) is 152 Å². The second-order valence-corrected chi connectivity index (χ2v) is 4.17. The molecule has 1 aromatic rings. The number of aryl methyl sites for hydroxylation is 1. The second kappa shape index (κ2) is 6.66. The first-order valence-corrected chi connectivity index (χ1v) is 5.81. The molecule has 9 nitrogen and oxygen atoms in total. The van der Waals surface area contributed by atoms with Crippen molar-refractivity contribution in [3.63, 3.8) is 0 Å². The van der Waals surface area contributed by atoms with Crippen LogP contribution in [0.2, 0.25) is 0 Å². The minimum atomic E-state index is -1.67. The molecular weight excluding hydrogens is 270 g/mol. The Hall–Kier alpha value is -2.42. The number of rotatable bonds is 6. The van der Waals surface area contributed by atoms with Gasteiger partial charge in [-0.2, -0.15) is 0 Å². The standard InChI is InChI=1S/C11H15N3O6/c1-5-6(9(17)14-11(20)13-5)2-3-8(16)12-4-7(15)10(18)19/h7,15H,2-4H2,1H3,(H,12,16)(H,18,19)(H2,13,14,17,20). The summed E-state index contributed by atoms with van der Waals surface area (Å²) in [4.78, 5) is 48.7. The van der Waals surface area contributed by atoms with Gasteiger partial charge < -0.3 is 20.5 Å². The third kappa shape index (κ3) is 4.35. The number of H-pyrrole nitrogens is 2. The lowest BCUT2D eigenvalue weighted by Crippen LogP contribution is -2.37. The van der Waals surface area contributed by atoms with E-state index in [9.17, 15) is 19.2 Å². The van der Waals surface area contributed by atoms with Crippen molar-refractivity contribution in [2.45, 2.75) is 25.9 Å². The Balaban J connectivity index is 2.56. The van der Waals surface area contributed by atoms with Gasteiger partial charge in [-0.05, 0) is 13.3 Å². The highest BCUT2D eigenvalue weighted by Gasteiger charge is 2.14. The zero-order valence-electron chi connectivity index (χ0n) is 10.7. The van der Waals surface area contributed by atoms with Crippen molar-refractivity contribution in [1.29, 1.82) is 0 Å². The molecule has 0 aliphatic carbocycles. The monoisotopic (exact) mass is 285 g/mol. The van der Waals surface area contributed by atoms with E-state index in [1.807, 2.05) is 0 Å². The van der Waals surface area contributed by atoms with E-state index >= 15 is 0 Å². The number of aliphatic carboxylic acids is 1. The van der Waals surface area contributed by atoms with Gasteiger partial charge in [0, 0.05) is 17.7 Å². The van der Waals surface area contributed by atoms with E-state index in [2.05, 4.69) is 15.3 Å². The molecule has 0 aliphatic rings. The highest BCUT2D eigenvalue weighted by molar-refractivity contribution is 5.78. The van der Waals surface area contributed by atoms with Crippen LogP contribution < -0.4 is 16.6 Å². The predicted octanol–water partition coefficient (Wildman–Crippen LogP) is -2.13. The Morgan fingerprint density at radius 2 is 1.95 bits per heavy atom. The Kier molecular flexibility index (Phi) is 5.21. The Morgan fingerprint density at radius 1 is 1.30 bits per heavy atom. The molecule has 0 aliphatic heterocycles. The van der Waals surface area contributed by atoms with E-state index in [0.717, 1.165) is 0 Å². The van der Waals surface area contributed by atoms with Crippen molar-refractivity contribution in [1.82, 2.24) is 15.3 Å². The number of aromatic amines is 2. The van der Waals surface area contributed by atoms with Gasteiger partial charge in [0.1, 0.15) is 0 Å². The normalized spacial score (nSPS) is 11.9. The molecule has 1 aromatic heterocycles. The molecular formula is C11H15N3O6. The van der Waals surface area contributed by atoms with Gasteiger partial charge in [0.05, 0.1) is 6.54 Å². The van der Waals surface area contributed by atoms with Crippen LogP contribution in [0.25, 0.3) is 0 Å². The first kappa shape index (κ1) is 15.6. The summed E-state index contributed by atoms with van der Waals surface area (Å²) in [5, 5.41) is 19.6. The molecule has 0 bridgehead atoms. The van der Waals surface area contributed by atoms with Crippen LogP contribution >= 0.6 is 0 Å². The molecule has 0 aromatic carbocycles. The van der Waals surface area contributed by atoms with Crippen LogP contribution in [0.3, 0.4) is 0 Å². The summed E-state index contributed by atoms with van der Waals surface area (Å²) in [5.41, 5.74) is -0.537. The van der Waals surface area contributed by atoms with Crippen LogP contribution in [0.15, 0.2) is 9.59 Å². The van der Waals surface area contributed by atoms with Gasteiger partial charge in [-0.3, -0.25) is 14.6 Å². The number of carbonyl (C=O) groups excluding carboxylic acids is 1. The van der Waals surface area contributed by atoms with Crippen LogP contribution in [0.1, 0.15) is 17.7 Å². The summed E-state index contributed by atoms with van der Waals surface area (Å²) in [7, 11) is 0. The van der Waals surface area contributed by atoms with E-state index in [1.54, 1.807) is 0 Å². The smallest absolute Gasteiger partial charge is 0.334 e. The maximum atomic E-state index is 11.5. The number of aliphatic hydroxyl groups is 1. The summed E-state index contributed by atoms with van der Waals surface area (Å²) in [6.07, 6.45) is -1.65. The van der Waals surface area contributed by atoms with Crippen LogP contribution in [0.4, 0.5) is 0 Å². The van der Waals surface area contributed by atoms with E-state index in [-0.39, 0.29) is 18.4 Å². The molecule has 0 spiro atoms. The predicted molar refractivity (Wildman–Crippen MR) is 67.4 cm³/mol. The van der Waals surface area contributed by atoms with Crippen LogP contribution in [0, 0.1) is 6.92 Å². The fourth-order valence-corrected chi connectivity index (χ4v) is 1.55.